The lowest BCUT2D eigenvalue weighted by Gasteiger charge is -2.09. The summed E-state index contributed by atoms with van der Waals surface area (Å²) in [5.74, 6) is 1.14. The Morgan fingerprint density at radius 2 is 1.11 bits per heavy atom. The lowest BCUT2D eigenvalue weighted by molar-refractivity contribution is 0.668. The van der Waals surface area contributed by atoms with Gasteiger partial charge in [0.05, 0.1) is 17.6 Å². The molecule has 2 aromatic heterocycles. The molecule has 10 aromatic rings. The van der Waals surface area contributed by atoms with E-state index in [0.717, 1.165) is 66.5 Å². The molecule has 0 aliphatic heterocycles. The molecule has 0 radical (unpaired) electrons. The molecule has 0 unspecified atom stereocenters. The maximum absolute atomic E-state index is 6.62. The van der Waals surface area contributed by atoms with Crippen LogP contribution in [0.15, 0.2) is 214 Å². The molecule has 10 rings (SSSR count). The zero-order valence-corrected chi connectivity index (χ0v) is 31.1. The van der Waals surface area contributed by atoms with Crippen molar-refractivity contribution in [2.75, 3.05) is 0 Å². The minimum atomic E-state index is 0.463. The van der Waals surface area contributed by atoms with Crippen LogP contribution < -0.4 is 0 Å². The molecule has 270 valence electrons. The van der Waals surface area contributed by atoms with Gasteiger partial charge < -0.3 is 8.98 Å². The second kappa shape index (κ2) is 14.5. The molecule has 0 saturated carbocycles. The summed E-state index contributed by atoms with van der Waals surface area (Å²) in [6.45, 7) is 4.25. The number of rotatable bonds is 7. The molecule has 0 spiro atoms. The number of furan rings is 1. The zero-order chi connectivity index (χ0) is 38.1. The lowest BCUT2D eigenvalue weighted by Crippen LogP contribution is -2.05. The molecule has 5 heteroatoms. The third-order valence-corrected chi connectivity index (χ3v) is 10.6. The summed E-state index contributed by atoms with van der Waals surface area (Å²) in [7, 11) is 0. The molecule has 8 aromatic carbocycles. The number of aliphatic imine (C=N–C) groups is 3. The Kier molecular flexibility index (Phi) is 8.65. The number of nitrogens with zero attached hydrogens (tertiary/aromatic N) is 4. The predicted octanol–water partition coefficient (Wildman–Crippen LogP) is 13.1. The van der Waals surface area contributed by atoms with Gasteiger partial charge in [0, 0.05) is 44.4 Å². The van der Waals surface area contributed by atoms with E-state index in [2.05, 4.69) is 150 Å². The van der Waals surface area contributed by atoms with Crippen molar-refractivity contribution in [3.05, 3.63) is 211 Å². The van der Waals surface area contributed by atoms with Gasteiger partial charge in [-0.1, -0.05) is 158 Å². The van der Waals surface area contributed by atoms with Gasteiger partial charge >= 0.3 is 0 Å². The van der Waals surface area contributed by atoms with Gasteiger partial charge in [0.2, 0.25) is 0 Å². The number of amidine groups is 2. The van der Waals surface area contributed by atoms with Crippen molar-refractivity contribution < 1.29 is 4.42 Å². The highest BCUT2D eigenvalue weighted by Gasteiger charge is 2.18. The molecule has 0 amide bonds. The van der Waals surface area contributed by atoms with Crippen molar-refractivity contribution in [2.45, 2.75) is 6.54 Å². The van der Waals surface area contributed by atoms with Crippen LogP contribution in [0.25, 0.3) is 71.7 Å². The van der Waals surface area contributed by atoms with Gasteiger partial charge in [-0.15, -0.1) is 0 Å². The monoisotopic (exact) mass is 732 g/mol. The minimum Gasteiger partial charge on any atom is -0.456 e. The molecule has 0 bridgehead atoms. The zero-order valence-electron chi connectivity index (χ0n) is 31.1. The van der Waals surface area contributed by atoms with E-state index in [0.29, 0.717) is 18.2 Å². The summed E-state index contributed by atoms with van der Waals surface area (Å²) in [5, 5.41) is 4.65. The van der Waals surface area contributed by atoms with Gasteiger partial charge in [-0.05, 0) is 64.9 Å². The van der Waals surface area contributed by atoms with E-state index < -0.39 is 0 Å². The first kappa shape index (κ1) is 33.9. The van der Waals surface area contributed by atoms with Crippen LogP contribution in [0.3, 0.4) is 0 Å². The second-order valence-corrected chi connectivity index (χ2v) is 14.0. The lowest BCUT2D eigenvalue weighted by atomic mass is 9.98. The average molecular weight is 733 g/mol. The topological polar surface area (TPSA) is 55.1 Å². The normalized spacial score (nSPS) is 12.2. The van der Waals surface area contributed by atoms with Gasteiger partial charge in [-0.3, -0.25) is 4.99 Å². The number of aromatic nitrogens is 1. The van der Waals surface area contributed by atoms with Crippen molar-refractivity contribution in [3.8, 4) is 27.9 Å². The van der Waals surface area contributed by atoms with Crippen LogP contribution in [0, 0.1) is 0 Å². The van der Waals surface area contributed by atoms with Crippen molar-refractivity contribution in [1.82, 2.24) is 4.57 Å². The SMILES string of the molecule is C=NC(=NC(=NCc1ccc(-c2cccc3oc4cc(-n5c6ccccc6c6c(-c7ccccc7)cccc65)ccc4c23)cc1)c1ccccc1)c1ccccc1. The smallest absolute Gasteiger partial charge is 0.161 e. The Morgan fingerprint density at radius 1 is 0.491 bits per heavy atom. The highest BCUT2D eigenvalue weighted by molar-refractivity contribution is 6.17. The number of hydrogen-bond donors (Lipinski definition) is 0. The summed E-state index contributed by atoms with van der Waals surface area (Å²) in [6, 6.07) is 67.3. The first-order chi connectivity index (χ1) is 28.2. The first-order valence-corrected chi connectivity index (χ1v) is 19.1. The molecule has 5 nitrogen and oxygen atoms in total. The number of para-hydroxylation sites is 1. The standard InChI is InChI=1S/C52H36N4O/c1-53-51(38-17-7-3-8-18-38)55-52(39-19-9-4-10-20-39)54-34-35-27-29-37(30-28-35)42-23-14-26-47-50(42)44-32-31-40(33-48(44)57-47)56-45-24-12-11-21-43(45)49-41(22-13-25-46(49)56)36-15-5-2-6-16-36/h2-33H,1,34H2. The highest BCUT2D eigenvalue weighted by Crippen LogP contribution is 2.41. The first-order valence-electron chi connectivity index (χ1n) is 19.1. The average Bonchev–Trinajstić information content (AvgIpc) is 3.83. The molecule has 0 atom stereocenters. The molecule has 0 saturated heterocycles. The second-order valence-electron chi connectivity index (χ2n) is 14.0. The van der Waals surface area contributed by atoms with Crippen LogP contribution in [0.5, 0.6) is 0 Å². The summed E-state index contributed by atoms with van der Waals surface area (Å²) < 4.78 is 8.98. The van der Waals surface area contributed by atoms with E-state index in [1.165, 1.54) is 21.9 Å². The number of benzene rings is 8. The van der Waals surface area contributed by atoms with E-state index in [4.69, 9.17) is 14.4 Å². The fourth-order valence-electron chi connectivity index (χ4n) is 7.96. The minimum absolute atomic E-state index is 0.463. The Labute approximate surface area is 330 Å². The van der Waals surface area contributed by atoms with Crippen LogP contribution in [-0.2, 0) is 6.54 Å². The van der Waals surface area contributed by atoms with Crippen LogP contribution in [-0.4, -0.2) is 23.0 Å². The van der Waals surface area contributed by atoms with Crippen LogP contribution in [0.1, 0.15) is 16.7 Å². The number of hydrogen-bond acceptors (Lipinski definition) is 2. The molecule has 0 aliphatic carbocycles. The maximum Gasteiger partial charge on any atom is 0.161 e. The van der Waals surface area contributed by atoms with Gasteiger partial charge in [-0.2, -0.15) is 0 Å². The van der Waals surface area contributed by atoms with Gasteiger partial charge in [0.15, 0.2) is 11.7 Å². The molecule has 0 aliphatic rings. The van der Waals surface area contributed by atoms with Crippen LogP contribution >= 0.6 is 0 Å². The molecule has 57 heavy (non-hydrogen) atoms. The molecule has 0 N–H and O–H groups in total. The van der Waals surface area contributed by atoms with E-state index in [1.807, 2.05) is 60.7 Å². The maximum atomic E-state index is 6.62. The van der Waals surface area contributed by atoms with Crippen molar-refractivity contribution in [3.63, 3.8) is 0 Å². The van der Waals surface area contributed by atoms with Gasteiger partial charge in [0.25, 0.3) is 0 Å². The summed E-state index contributed by atoms with van der Waals surface area (Å²) in [4.78, 5) is 14.1. The fraction of sp³-hybridized carbons (Fsp3) is 0.0192. The van der Waals surface area contributed by atoms with Gasteiger partial charge in [0.1, 0.15) is 11.2 Å². The van der Waals surface area contributed by atoms with Crippen molar-refractivity contribution >= 4 is 62.1 Å². The van der Waals surface area contributed by atoms with E-state index >= 15 is 0 Å². The van der Waals surface area contributed by atoms with Gasteiger partial charge in [-0.25, -0.2) is 9.98 Å². The quantitative estimate of drug-likeness (QED) is 0.119. The Morgan fingerprint density at radius 3 is 1.84 bits per heavy atom. The fourth-order valence-corrected chi connectivity index (χ4v) is 7.96. The Hall–Kier alpha value is -7.63. The van der Waals surface area contributed by atoms with E-state index in [1.54, 1.807) is 0 Å². The summed E-state index contributed by atoms with van der Waals surface area (Å²) in [6.07, 6.45) is 0. The largest absolute Gasteiger partial charge is 0.456 e. The van der Waals surface area contributed by atoms with Crippen molar-refractivity contribution in [2.24, 2.45) is 15.0 Å². The van der Waals surface area contributed by atoms with E-state index in [9.17, 15) is 0 Å². The Bertz CT molecular complexity index is 3140. The molecule has 2 heterocycles. The van der Waals surface area contributed by atoms with Crippen molar-refractivity contribution in [1.29, 1.82) is 0 Å². The van der Waals surface area contributed by atoms with E-state index in [-0.39, 0.29) is 0 Å². The Balaban J connectivity index is 1.01. The third-order valence-electron chi connectivity index (χ3n) is 10.6. The number of fused-ring (bicyclic) bond motifs is 6. The summed E-state index contributed by atoms with van der Waals surface area (Å²) in [5.41, 5.74) is 12.6. The third kappa shape index (κ3) is 6.21. The van der Waals surface area contributed by atoms with Crippen LogP contribution in [0.2, 0.25) is 0 Å². The summed E-state index contributed by atoms with van der Waals surface area (Å²) >= 11 is 0. The van der Waals surface area contributed by atoms with Crippen LogP contribution in [0.4, 0.5) is 0 Å². The molecule has 0 fully saturated rings. The molecular weight excluding hydrogens is 697 g/mol. The predicted molar refractivity (Wildman–Crippen MR) is 238 cm³/mol. The highest BCUT2D eigenvalue weighted by atomic mass is 16.3. The molecular formula is C52H36N4O.